The minimum atomic E-state index is -1.69. The van der Waals surface area contributed by atoms with E-state index in [9.17, 15) is 15.0 Å². The van der Waals surface area contributed by atoms with E-state index in [0.29, 0.717) is 5.75 Å². The van der Waals surface area contributed by atoms with Crippen LogP contribution in [-0.2, 0) is 9.53 Å². The van der Waals surface area contributed by atoms with Gasteiger partial charge in [0.25, 0.3) is 0 Å². The van der Waals surface area contributed by atoms with E-state index in [4.69, 9.17) is 16.3 Å². The summed E-state index contributed by atoms with van der Waals surface area (Å²) in [6.45, 7) is 1.73. The van der Waals surface area contributed by atoms with Crippen LogP contribution in [0.1, 0.15) is 18.6 Å². The zero-order valence-corrected chi connectivity index (χ0v) is 10.8. The van der Waals surface area contributed by atoms with Crippen molar-refractivity contribution in [3.05, 3.63) is 28.8 Å². The SMILES string of the molecule is CCOC(=O)C(O)C(O)c1cccc(OC)c1Cl. The van der Waals surface area contributed by atoms with Crippen molar-refractivity contribution in [1.82, 2.24) is 0 Å². The van der Waals surface area contributed by atoms with E-state index in [0.717, 1.165) is 0 Å². The lowest BCUT2D eigenvalue weighted by Crippen LogP contribution is -2.30. The average Bonchev–Trinajstić information content (AvgIpc) is 2.37. The Labute approximate surface area is 110 Å². The smallest absolute Gasteiger partial charge is 0.338 e. The normalized spacial score (nSPS) is 13.8. The second kappa shape index (κ2) is 6.58. The maximum absolute atomic E-state index is 11.3. The summed E-state index contributed by atoms with van der Waals surface area (Å²) in [5, 5.41) is 19.7. The van der Waals surface area contributed by atoms with E-state index in [1.165, 1.54) is 13.2 Å². The summed E-state index contributed by atoms with van der Waals surface area (Å²) in [6, 6.07) is 4.70. The summed E-state index contributed by atoms with van der Waals surface area (Å²) >= 11 is 5.98. The molecule has 0 bridgehead atoms. The van der Waals surface area contributed by atoms with Crippen molar-refractivity contribution in [2.75, 3.05) is 13.7 Å². The fourth-order valence-corrected chi connectivity index (χ4v) is 1.76. The number of hydrogen-bond donors (Lipinski definition) is 2. The summed E-state index contributed by atoms with van der Waals surface area (Å²) in [6.07, 6.45) is -3.15. The molecule has 0 aliphatic rings. The first-order valence-corrected chi connectivity index (χ1v) is 5.75. The summed E-state index contributed by atoms with van der Waals surface area (Å²) < 4.78 is 9.60. The van der Waals surface area contributed by atoms with Gasteiger partial charge in [0.05, 0.1) is 18.7 Å². The number of benzene rings is 1. The number of carbonyl (C=O) groups excluding carboxylic acids is 1. The van der Waals surface area contributed by atoms with E-state index >= 15 is 0 Å². The van der Waals surface area contributed by atoms with Gasteiger partial charge in [0, 0.05) is 5.56 Å². The van der Waals surface area contributed by atoms with Crippen molar-refractivity contribution in [3.63, 3.8) is 0 Å². The Morgan fingerprint density at radius 3 is 2.67 bits per heavy atom. The number of methoxy groups -OCH3 is 1. The topological polar surface area (TPSA) is 76.0 Å². The van der Waals surface area contributed by atoms with E-state index in [1.54, 1.807) is 19.1 Å². The van der Waals surface area contributed by atoms with Crippen LogP contribution in [0.4, 0.5) is 0 Å². The molecule has 0 radical (unpaired) electrons. The molecule has 0 aromatic heterocycles. The van der Waals surface area contributed by atoms with Gasteiger partial charge in [-0.15, -0.1) is 0 Å². The van der Waals surface area contributed by atoms with Crippen LogP contribution in [0.3, 0.4) is 0 Å². The molecule has 6 heteroatoms. The van der Waals surface area contributed by atoms with Gasteiger partial charge in [-0.1, -0.05) is 23.7 Å². The van der Waals surface area contributed by atoms with E-state index in [2.05, 4.69) is 4.74 Å². The molecule has 0 aliphatic heterocycles. The monoisotopic (exact) mass is 274 g/mol. The molecule has 5 nitrogen and oxygen atoms in total. The van der Waals surface area contributed by atoms with Gasteiger partial charge in [-0.25, -0.2) is 4.79 Å². The Balaban J connectivity index is 2.96. The van der Waals surface area contributed by atoms with Crippen molar-refractivity contribution < 1.29 is 24.5 Å². The third-order valence-electron chi connectivity index (χ3n) is 2.36. The first kappa shape index (κ1) is 14.8. The van der Waals surface area contributed by atoms with Gasteiger partial charge >= 0.3 is 5.97 Å². The third-order valence-corrected chi connectivity index (χ3v) is 2.76. The van der Waals surface area contributed by atoms with Crippen LogP contribution in [0.15, 0.2) is 18.2 Å². The van der Waals surface area contributed by atoms with Crippen molar-refractivity contribution in [2.45, 2.75) is 19.1 Å². The fraction of sp³-hybridized carbons (Fsp3) is 0.417. The first-order chi connectivity index (χ1) is 8.52. The van der Waals surface area contributed by atoms with Crippen molar-refractivity contribution >= 4 is 17.6 Å². The minimum absolute atomic E-state index is 0.120. The van der Waals surface area contributed by atoms with Crippen LogP contribution < -0.4 is 4.74 Å². The van der Waals surface area contributed by atoms with Crippen molar-refractivity contribution in [2.24, 2.45) is 0 Å². The summed E-state index contributed by atoms with van der Waals surface area (Å²) in [5.74, 6) is -0.548. The molecule has 1 aromatic carbocycles. The van der Waals surface area contributed by atoms with Crippen LogP contribution in [0, 0.1) is 0 Å². The van der Waals surface area contributed by atoms with Gasteiger partial charge < -0.3 is 19.7 Å². The second-order valence-electron chi connectivity index (χ2n) is 3.51. The lowest BCUT2D eigenvalue weighted by molar-refractivity contribution is -0.159. The summed E-state index contributed by atoms with van der Waals surface area (Å²) in [4.78, 5) is 11.3. The number of ether oxygens (including phenoxy) is 2. The molecule has 0 spiro atoms. The van der Waals surface area contributed by atoms with Crippen molar-refractivity contribution in [3.8, 4) is 5.75 Å². The predicted octanol–water partition coefficient (Wildman–Crippen LogP) is 1.31. The molecule has 0 aliphatic carbocycles. The number of aliphatic hydroxyl groups excluding tert-OH is 2. The highest BCUT2D eigenvalue weighted by molar-refractivity contribution is 6.32. The molecule has 2 unspecified atom stereocenters. The first-order valence-electron chi connectivity index (χ1n) is 5.38. The zero-order chi connectivity index (χ0) is 13.7. The van der Waals surface area contributed by atoms with Gasteiger partial charge in [-0.05, 0) is 13.0 Å². The molecule has 0 amide bonds. The predicted molar refractivity (Wildman–Crippen MR) is 65.6 cm³/mol. The van der Waals surface area contributed by atoms with Crippen LogP contribution in [0.25, 0.3) is 0 Å². The van der Waals surface area contributed by atoms with Gasteiger partial charge in [0.15, 0.2) is 6.10 Å². The standard InChI is InChI=1S/C12H15ClO5/c1-3-18-12(16)11(15)10(14)7-5-4-6-8(17-2)9(7)13/h4-6,10-11,14-15H,3H2,1-2H3. The highest BCUT2D eigenvalue weighted by Crippen LogP contribution is 2.33. The Morgan fingerprint density at radius 2 is 2.11 bits per heavy atom. The molecule has 0 fully saturated rings. The van der Waals surface area contributed by atoms with Crippen LogP contribution >= 0.6 is 11.6 Å². The maximum Gasteiger partial charge on any atom is 0.338 e. The highest BCUT2D eigenvalue weighted by atomic mass is 35.5. The average molecular weight is 275 g/mol. The molecule has 1 rings (SSSR count). The Bertz CT molecular complexity index is 421. The lowest BCUT2D eigenvalue weighted by Gasteiger charge is -2.18. The zero-order valence-electron chi connectivity index (χ0n) is 10.1. The molecule has 0 heterocycles. The number of carbonyl (C=O) groups is 1. The van der Waals surface area contributed by atoms with Gasteiger partial charge in [0.1, 0.15) is 11.9 Å². The van der Waals surface area contributed by atoms with Crippen LogP contribution in [-0.4, -0.2) is 36.0 Å². The summed E-state index contributed by atoms with van der Waals surface area (Å²) in [7, 11) is 1.43. The Kier molecular flexibility index (Phi) is 5.40. The van der Waals surface area contributed by atoms with Gasteiger partial charge in [-0.3, -0.25) is 0 Å². The number of halogens is 1. The van der Waals surface area contributed by atoms with Crippen molar-refractivity contribution in [1.29, 1.82) is 0 Å². The van der Waals surface area contributed by atoms with E-state index in [1.807, 2.05) is 0 Å². The molecular weight excluding hydrogens is 260 g/mol. The van der Waals surface area contributed by atoms with Crippen LogP contribution in [0.2, 0.25) is 5.02 Å². The molecule has 0 saturated heterocycles. The molecule has 100 valence electrons. The van der Waals surface area contributed by atoms with Gasteiger partial charge in [0.2, 0.25) is 0 Å². The fourth-order valence-electron chi connectivity index (χ4n) is 1.44. The quantitative estimate of drug-likeness (QED) is 0.792. The number of aliphatic hydroxyl groups is 2. The number of esters is 1. The lowest BCUT2D eigenvalue weighted by atomic mass is 10.0. The maximum atomic E-state index is 11.3. The second-order valence-corrected chi connectivity index (χ2v) is 3.88. The Hall–Kier alpha value is -1.30. The molecule has 2 atom stereocenters. The number of hydrogen-bond acceptors (Lipinski definition) is 5. The number of rotatable bonds is 5. The van der Waals surface area contributed by atoms with E-state index < -0.39 is 18.2 Å². The molecule has 0 saturated carbocycles. The molecule has 1 aromatic rings. The summed E-state index contributed by atoms with van der Waals surface area (Å²) in [5.41, 5.74) is 0.205. The van der Waals surface area contributed by atoms with E-state index in [-0.39, 0.29) is 17.2 Å². The molecular formula is C12H15ClO5. The third kappa shape index (κ3) is 3.13. The molecule has 2 N–H and O–H groups in total. The largest absolute Gasteiger partial charge is 0.495 e. The van der Waals surface area contributed by atoms with Crippen LogP contribution in [0.5, 0.6) is 5.75 Å². The highest BCUT2D eigenvalue weighted by Gasteiger charge is 2.29. The van der Waals surface area contributed by atoms with Gasteiger partial charge in [-0.2, -0.15) is 0 Å². The minimum Gasteiger partial charge on any atom is -0.495 e. The Morgan fingerprint density at radius 1 is 1.44 bits per heavy atom. The molecule has 18 heavy (non-hydrogen) atoms.